The van der Waals surface area contributed by atoms with Crippen molar-refractivity contribution in [2.45, 2.75) is 12.8 Å². The summed E-state index contributed by atoms with van der Waals surface area (Å²) in [7, 11) is 0. The van der Waals surface area contributed by atoms with Crippen molar-refractivity contribution < 1.29 is 9.59 Å². The first-order valence-corrected chi connectivity index (χ1v) is 6.93. The van der Waals surface area contributed by atoms with Crippen LogP contribution >= 0.6 is 11.6 Å². The zero-order valence-electron chi connectivity index (χ0n) is 10.6. The molecule has 0 aromatic heterocycles. The summed E-state index contributed by atoms with van der Waals surface area (Å²) in [5, 5.41) is 0.487. The lowest BCUT2D eigenvalue weighted by molar-refractivity contribution is -0.114. The molecule has 2 heterocycles. The third kappa shape index (κ3) is 2.26. The molecular weight excluding hydrogens is 264 g/mol. The summed E-state index contributed by atoms with van der Waals surface area (Å²) in [5.41, 5.74) is 1.12. The number of amides is 1. The largest absolute Gasteiger partial charge is 0.303 e. The quantitative estimate of drug-likeness (QED) is 0.794. The molecule has 1 aromatic carbocycles. The highest BCUT2D eigenvalue weighted by atomic mass is 35.5. The second-order valence-electron chi connectivity index (χ2n) is 5.00. The molecule has 1 aromatic rings. The van der Waals surface area contributed by atoms with Gasteiger partial charge in [0.15, 0.2) is 0 Å². The van der Waals surface area contributed by atoms with E-state index >= 15 is 0 Å². The number of Topliss-reactive ketones (excluding diaryl/α,β-unsaturated/α-hetero) is 1. The Morgan fingerprint density at radius 1 is 1.11 bits per heavy atom. The SMILES string of the molecule is O=C1C(=O)N(CCN2CCCC2)c2ccc(Cl)cc21. The van der Waals surface area contributed by atoms with Crippen molar-refractivity contribution >= 4 is 29.0 Å². The first-order valence-electron chi connectivity index (χ1n) is 6.55. The normalized spacial score (nSPS) is 19.3. The fourth-order valence-corrected chi connectivity index (χ4v) is 2.91. The fourth-order valence-electron chi connectivity index (χ4n) is 2.74. The number of nitrogens with zero attached hydrogens (tertiary/aromatic N) is 2. The van der Waals surface area contributed by atoms with Gasteiger partial charge in [-0.05, 0) is 44.1 Å². The van der Waals surface area contributed by atoms with Crippen LogP contribution in [-0.4, -0.2) is 42.8 Å². The zero-order valence-corrected chi connectivity index (χ0v) is 11.3. The summed E-state index contributed by atoms with van der Waals surface area (Å²) in [6.45, 7) is 3.56. The molecule has 0 bridgehead atoms. The lowest BCUT2D eigenvalue weighted by atomic mass is 10.1. The number of anilines is 1. The van der Waals surface area contributed by atoms with Gasteiger partial charge in [-0.25, -0.2) is 0 Å². The number of hydrogen-bond donors (Lipinski definition) is 0. The van der Waals surface area contributed by atoms with Crippen LogP contribution in [0.3, 0.4) is 0 Å². The number of carbonyl (C=O) groups excluding carboxylic acids is 2. The van der Waals surface area contributed by atoms with Crippen LogP contribution < -0.4 is 4.90 Å². The van der Waals surface area contributed by atoms with E-state index in [1.165, 1.54) is 12.8 Å². The molecule has 0 atom stereocenters. The van der Waals surface area contributed by atoms with E-state index < -0.39 is 11.7 Å². The topological polar surface area (TPSA) is 40.6 Å². The Morgan fingerprint density at radius 2 is 1.84 bits per heavy atom. The number of halogens is 1. The highest BCUT2D eigenvalue weighted by Crippen LogP contribution is 2.31. The minimum absolute atomic E-state index is 0.430. The maximum Gasteiger partial charge on any atom is 0.299 e. The molecule has 2 aliphatic heterocycles. The van der Waals surface area contributed by atoms with Crippen LogP contribution in [0.4, 0.5) is 5.69 Å². The molecule has 0 radical (unpaired) electrons. The van der Waals surface area contributed by atoms with Gasteiger partial charge in [0.05, 0.1) is 11.3 Å². The van der Waals surface area contributed by atoms with Crippen molar-refractivity contribution in [1.29, 1.82) is 0 Å². The van der Waals surface area contributed by atoms with Crippen LogP contribution in [0.2, 0.25) is 5.02 Å². The summed E-state index contributed by atoms with van der Waals surface area (Å²) in [5.74, 6) is -0.879. The number of fused-ring (bicyclic) bond motifs is 1. The second-order valence-corrected chi connectivity index (χ2v) is 5.43. The third-order valence-corrected chi connectivity index (χ3v) is 4.01. The number of carbonyl (C=O) groups is 2. The van der Waals surface area contributed by atoms with Gasteiger partial charge in [0.2, 0.25) is 0 Å². The van der Waals surface area contributed by atoms with Gasteiger partial charge in [0.25, 0.3) is 11.7 Å². The molecule has 100 valence electrons. The predicted molar refractivity (Wildman–Crippen MR) is 73.8 cm³/mol. The molecule has 1 saturated heterocycles. The smallest absolute Gasteiger partial charge is 0.299 e. The molecule has 4 nitrogen and oxygen atoms in total. The molecular formula is C14H15ClN2O2. The molecule has 5 heteroatoms. The van der Waals surface area contributed by atoms with Crippen molar-refractivity contribution in [2.24, 2.45) is 0 Å². The summed E-state index contributed by atoms with van der Waals surface area (Å²) in [4.78, 5) is 27.8. The highest BCUT2D eigenvalue weighted by molar-refractivity contribution is 6.52. The van der Waals surface area contributed by atoms with E-state index in [-0.39, 0.29) is 0 Å². The van der Waals surface area contributed by atoms with E-state index in [9.17, 15) is 9.59 Å². The van der Waals surface area contributed by atoms with Gasteiger partial charge >= 0.3 is 0 Å². The van der Waals surface area contributed by atoms with Crippen LogP contribution in [0.25, 0.3) is 0 Å². The first-order chi connectivity index (χ1) is 9.16. The zero-order chi connectivity index (χ0) is 13.4. The molecule has 0 unspecified atom stereocenters. The van der Waals surface area contributed by atoms with Crippen molar-refractivity contribution in [1.82, 2.24) is 4.90 Å². The van der Waals surface area contributed by atoms with E-state index in [4.69, 9.17) is 11.6 Å². The Balaban J connectivity index is 1.78. The summed E-state index contributed by atoms with van der Waals surface area (Å²) in [6, 6.07) is 5.05. The van der Waals surface area contributed by atoms with Gasteiger partial charge in [-0.3, -0.25) is 9.59 Å². The van der Waals surface area contributed by atoms with Crippen molar-refractivity contribution in [3.05, 3.63) is 28.8 Å². The number of hydrogen-bond acceptors (Lipinski definition) is 3. The van der Waals surface area contributed by atoms with Crippen molar-refractivity contribution in [2.75, 3.05) is 31.1 Å². The van der Waals surface area contributed by atoms with Gasteiger partial charge in [0, 0.05) is 18.1 Å². The second kappa shape index (κ2) is 4.94. The molecule has 1 fully saturated rings. The standard InChI is InChI=1S/C14H15ClN2O2/c15-10-3-4-12-11(9-10)13(18)14(19)17(12)8-7-16-5-1-2-6-16/h3-4,9H,1-2,5-8H2. The van der Waals surface area contributed by atoms with Crippen LogP contribution in [-0.2, 0) is 4.79 Å². The van der Waals surface area contributed by atoms with Gasteiger partial charge < -0.3 is 9.80 Å². The summed E-state index contributed by atoms with van der Waals surface area (Å²) in [6.07, 6.45) is 2.44. The molecule has 0 aliphatic carbocycles. The number of likely N-dealkylation sites (tertiary alicyclic amines) is 1. The van der Waals surface area contributed by atoms with Crippen LogP contribution in [0, 0.1) is 0 Å². The van der Waals surface area contributed by atoms with E-state index in [1.807, 2.05) is 0 Å². The Kier molecular flexibility index (Phi) is 3.29. The van der Waals surface area contributed by atoms with Crippen molar-refractivity contribution in [3.8, 4) is 0 Å². The number of rotatable bonds is 3. The van der Waals surface area contributed by atoms with E-state index in [0.717, 1.165) is 19.6 Å². The average Bonchev–Trinajstić information content (AvgIpc) is 2.98. The summed E-state index contributed by atoms with van der Waals surface area (Å²) >= 11 is 5.87. The molecule has 2 aliphatic rings. The van der Waals surface area contributed by atoms with Gasteiger partial charge in [-0.1, -0.05) is 11.6 Å². The van der Waals surface area contributed by atoms with E-state index in [0.29, 0.717) is 22.8 Å². The third-order valence-electron chi connectivity index (χ3n) is 3.77. The van der Waals surface area contributed by atoms with E-state index in [1.54, 1.807) is 23.1 Å². The lowest BCUT2D eigenvalue weighted by Crippen LogP contribution is -2.37. The Labute approximate surface area is 116 Å². The Hall–Kier alpha value is -1.39. The number of ketones is 1. The van der Waals surface area contributed by atoms with Gasteiger partial charge in [0.1, 0.15) is 0 Å². The van der Waals surface area contributed by atoms with Gasteiger partial charge in [-0.15, -0.1) is 0 Å². The average molecular weight is 279 g/mol. The predicted octanol–water partition coefficient (Wildman–Crippen LogP) is 1.97. The minimum atomic E-state index is -0.445. The maximum absolute atomic E-state index is 12.0. The fraction of sp³-hybridized carbons (Fsp3) is 0.429. The van der Waals surface area contributed by atoms with Crippen LogP contribution in [0.15, 0.2) is 18.2 Å². The molecule has 19 heavy (non-hydrogen) atoms. The van der Waals surface area contributed by atoms with Gasteiger partial charge in [-0.2, -0.15) is 0 Å². The molecule has 0 saturated carbocycles. The summed E-state index contributed by atoms with van der Waals surface area (Å²) < 4.78 is 0. The van der Waals surface area contributed by atoms with E-state index in [2.05, 4.69) is 4.90 Å². The monoisotopic (exact) mass is 278 g/mol. The van der Waals surface area contributed by atoms with Crippen LogP contribution in [0.5, 0.6) is 0 Å². The molecule has 3 rings (SSSR count). The molecule has 1 amide bonds. The van der Waals surface area contributed by atoms with Crippen LogP contribution in [0.1, 0.15) is 23.2 Å². The lowest BCUT2D eigenvalue weighted by Gasteiger charge is -2.21. The first kappa shape index (κ1) is 12.6. The number of benzene rings is 1. The van der Waals surface area contributed by atoms with Crippen molar-refractivity contribution in [3.63, 3.8) is 0 Å². The minimum Gasteiger partial charge on any atom is -0.303 e. The highest BCUT2D eigenvalue weighted by Gasteiger charge is 2.35. The Morgan fingerprint density at radius 3 is 2.58 bits per heavy atom. The Bertz CT molecular complexity index is 538. The maximum atomic E-state index is 12.0. The molecule has 0 N–H and O–H groups in total. The molecule has 0 spiro atoms.